The normalized spacial score (nSPS) is 24.7. The van der Waals surface area contributed by atoms with E-state index in [-0.39, 0.29) is 0 Å². The Kier molecular flexibility index (Phi) is 4.76. The first-order chi connectivity index (χ1) is 9.99. The molecule has 0 saturated heterocycles. The maximum atomic E-state index is 4.69. The molecular formula is C19H27N2+. The van der Waals surface area contributed by atoms with Crippen LogP contribution in [0.5, 0.6) is 0 Å². The molecular weight excluding hydrogens is 256 g/mol. The highest BCUT2D eigenvalue weighted by atomic mass is 14.8. The summed E-state index contributed by atoms with van der Waals surface area (Å²) in [5.74, 6) is 0.456. The Bertz CT molecular complexity index is 622. The largest absolute Gasteiger partial charge is 0.258 e. The highest BCUT2D eigenvalue weighted by Crippen LogP contribution is 2.28. The van der Waals surface area contributed by atoms with Gasteiger partial charge in [0.1, 0.15) is 0 Å². The summed E-state index contributed by atoms with van der Waals surface area (Å²) in [5, 5.41) is 0. The van der Waals surface area contributed by atoms with Crippen LogP contribution in [0.25, 0.3) is 0 Å². The summed E-state index contributed by atoms with van der Waals surface area (Å²) >= 11 is 0. The van der Waals surface area contributed by atoms with Crippen LogP contribution in [0, 0.1) is 5.92 Å². The molecule has 2 nitrogen and oxygen atoms in total. The molecule has 0 amide bonds. The van der Waals surface area contributed by atoms with Gasteiger partial charge >= 0.3 is 0 Å². The van der Waals surface area contributed by atoms with E-state index >= 15 is 0 Å². The SMILES string of the molecule is CCC1=C(C)/C(=C/C=C/C2=NC(C)=C(CC)C2C)[NH+]=C1C. The maximum Gasteiger partial charge on any atom is 0.207 e. The summed E-state index contributed by atoms with van der Waals surface area (Å²) in [7, 11) is 0. The third-order valence-corrected chi connectivity index (χ3v) is 4.62. The standard InChI is InChI=1S/C19H26N2/c1-7-16-12(3)18(20-14(16)5)10-9-11-19-13(4)17(8-2)15(6)21-19/h9-12H,7-8H2,1-6H3/p+1/b10-9+,19-11-. The molecule has 112 valence electrons. The van der Waals surface area contributed by atoms with E-state index in [1.165, 1.54) is 39.5 Å². The van der Waals surface area contributed by atoms with Gasteiger partial charge in [0.2, 0.25) is 5.70 Å². The average molecular weight is 283 g/mol. The molecule has 0 aromatic rings. The molecule has 2 rings (SSSR count). The van der Waals surface area contributed by atoms with Gasteiger partial charge in [-0.05, 0) is 38.3 Å². The molecule has 21 heavy (non-hydrogen) atoms. The van der Waals surface area contributed by atoms with Crippen molar-refractivity contribution in [3.05, 3.63) is 46.3 Å². The lowest BCUT2D eigenvalue weighted by atomic mass is 9.95. The van der Waals surface area contributed by atoms with Crippen LogP contribution in [0.4, 0.5) is 0 Å². The predicted octanol–water partition coefficient (Wildman–Crippen LogP) is 3.48. The van der Waals surface area contributed by atoms with Crippen LogP contribution in [0.15, 0.2) is 51.3 Å². The quantitative estimate of drug-likeness (QED) is 0.817. The Hall–Kier alpha value is -1.70. The van der Waals surface area contributed by atoms with Crippen LogP contribution < -0.4 is 4.99 Å². The van der Waals surface area contributed by atoms with Crippen molar-refractivity contribution >= 4 is 11.4 Å². The topological polar surface area (TPSA) is 26.3 Å². The van der Waals surface area contributed by atoms with Crippen LogP contribution in [0.3, 0.4) is 0 Å². The first-order valence-corrected chi connectivity index (χ1v) is 7.97. The van der Waals surface area contributed by atoms with Crippen molar-refractivity contribution in [1.82, 2.24) is 0 Å². The molecule has 0 radical (unpaired) electrons. The zero-order valence-corrected chi connectivity index (χ0v) is 14.2. The zero-order chi connectivity index (χ0) is 15.6. The van der Waals surface area contributed by atoms with Crippen LogP contribution in [-0.2, 0) is 0 Å². The van der Waals surface area contributed by atoms with E-state index < -0.39 is 0 Å². The number of hydrogen-bond acceptors (Lipinski definition) is 1. The highest BCUT2D eigenvalue weighted by molar-refractivity contribution is 6.01. The second-order valence-corrected chi connectivity index (χ2v) is 5.87. The average Bonchev–Trinajstić information content (AvgIpc) is 2.87. The highest BCUT2D eigenvalue weighted by Gasteiger charge is 2.23. The van der Waals surface area contributed by atoms with Crippen molar-refractivity contribution in [3.8, 4) is 0 Å². The van der Waals surface area contributed by atoms with Crippen molar-refractivity contribution in [2.75, 3.05) is 0 Å². The summed E-state index contributed by atoms with van der Waals surface area (Å²) in [5.41, 5.74) is 9.15. The summed E-state index contributed by atoms with van der Waals surface area (Å²) in [6, 6.07) is 0. The molecule has 0 aliphatic carbocycles. The molecule has 0 bridgehead atoms. The maximum absolute atomic E-state index is 4.69. The van der Waals surface area contributed by atoms with Gasteiger partial charge < -0.3 is 0 Å². The fourth-order valence-corrected chi connectivity index (χ4v) is 3.35. The lowest BCUT2D eigenvalue weighted by molar-refractivity contribution is -0.388. The number of nitrogens with one attached hydrogen (secondary N) is 1. The van der Waals surface area contributed by atoms with Gasteiger partial charge in [-0.15, -0.1) is 0 Å². The van der Waals surface area contributed by atoms with Gasteiger partial charge in [-0.2, -0.15) is 0 Å². The van der Waals surface area contributed by atoms with E-state index in [0.29, 0.717) is 5.92 Å². The van der Waals surface area contributed by atoms with Crippen LogP contribution in [-0.4, -0.2) is 11.4 Å². The lowest BCUT2D eigenvalue weighted by Crippen LogP contribution is -2.67. The van der Waals surface area contributed by atoms with Crippen molar-refractivity contribution in [2.45, 2.75) is 54.4 Å². The van der Waals surface area contributed by atoms with Gasteiger partial charge in [0.05, 0.1) is 0 Å². The molecule has 2 heterocycles. The third kappa shape index (κ3) is 2.99. The summed E-state index contributed by atoms with van der Waals surface area (Å²) in [6.45, 7) is 13.1. The minimum absolute atomic E-state index is 0.456. The van der Waals surface area contributed by atoms with E-state index in [9.17, 15) is 0 Å². The first-order valence-electron chi connectivity index (χ1n) is 7.97. The fourth-order valence-electron chi connectivity index (χ4n) is 3.35. The lowest BCUT2D eigenvalue weighted by Gasteiger charge is -2.07. The molecule has 0 saturated carbocycles. The smallest absolute Gasteiger partial charge is 0.207 e. The molecule has 1 N–H and O–H groups in total. The number of hydrogen-bond donors (Lipinski definition) is 1. The second-order valence-electron chi connectivity index (χ2n) is 5.87. The van der Waals surface area contributed by atoms with Crippen LogP contribution >= 0.6 is 0 Å². The van der Waals surface area contributed by atoms with Crippen LogP contribution in [0.2, 0.25) is 0 Å². The second kappa shape index (κ2) is 6.38. The minimum Gasteiger partial charge on any atom is -0.258 e. The first kappa shape index (κ1) is 15.7. The van der Waals surface area contributed by atoms with Crippen molar-refractivity contribution in [1.29, 1.82) is 0 Å². The Morgan fingerprint density at radius 2 is 1.86 bits per heavy atom. The molecule has 1 unspecified atom stereocenters. The third-order valence-electron chi connectivity index (χ3n) is 4.62. The fraction of sp³-hybridized carbons (Fsp3) is 0.474. The van der Waals surface area contributed by atoms with Gasteiger partial charge in [-0.1, -0.05) is 26.8 Å². The molecule has 2 aliphatic rings. The summed E-state index contributed by atoms with van der Waals surface area (Å²) in [4.78, 5) is 8.17. The molecule has 0 aromatic heterocycles. The summed E-state index contributed by atoms with van der Waals surface area (Å²) in [6.07, 6.45) is 8.61. The molecule has 0 spiro atoms. The number of nitrogens with zero attached hydrogens (tertiary/aromatic N) is 1. The Balaban J connectivity index is 2.14. The van der Waals surface area contributed by atoms with E-state index in [1.54, 1.807) is 0 Å². The number of allylic oxidation sites excluding steroid dienone is 7. The molecule has 2 aliphatic heterocycles. The van der Waals surface area contributed by atoms with Crippen LogP contribution in [0.1, 0.15) is 54.4 Å². The Labute approximate surface area is 128 Å². The van der Waals surface area contributed by atoms with Crippen molar-refractivity contribution < 1.29 is 4.99 Å². The van der Waals surface area contributed by atoms with Crippen molar-refractivity contribution in [2.24, 2.45) is 10.9 Å². The number of aliphatic imine (C=N–C) groups is 1. The van der Waals surface area contributed by atoms with E-state index in [2.05, 4.69) is 64.8 Å². The predicted molar refractivity (Wildman–Crippen MR) is 91.4 cm³/mol. The Morgan fingerprint density at radius 3 is 2.38 bits per heavy atom. The monoisotopic (exact) mass is 283 g/mol. The van der Waals surface area contributed by atoms with Gasteiger partial charge in [0, 0.05) is 41.5 Å². The minimum atomic E-state index is 0.456. The van der Waals surface area contributed by atoms with Gasteiger partial charge in [-0.25, -0.2) is 4.99 Å². The number of rotatable bonds is 4. The van der Waals surface area contributed by atoms with E-state index in [4.69, 9.17) is 4.99 Å². The molecule has 0 fully saturated rings. The summed E-state index contributed by atoms with van der Waals surface area (Å²) < 4.78 is 0. The molecule has 2 heteroatoms. The van der Waals surface area contributed by atoms with Gasteiger partial charge in [-0.3, -0.25) is 4.99 Å². The molecule has 1 atom stereocenters. The van der Waals surface area contributed by atoms with Gasteiger partial charge in [0.15, 0.2) is 5.71 Å². The molecule has 0 aromatic carbocycles. The van der Waals surface area contributed by atoms with Gasteiger partial charge in [0.25, 0.3) is 0 Å². The zero-order valence-electron chi connectivity index (χ0n) is 14.2. The van der Waals surface area contributed by atoms with Crippen molar-refractivity contribution in [3.63, 3.8) is 0 Å². The van der Waals surface area contributed by atoms with E-state index in [0.717, 1.165) is 12.8 Å². The van der Waals surface area contributed by atoms with E-state index in [1.807, 2.05) is 0 Å². The Morgan fingerprint density at radius 1 is 1.14 bits per heavy atom.